The first kappa shape index (κ1) is 12.4. The average molecular weight is 257 g/mol. The largest absolute Gasteiger partial charge is 0.373 e. The predicted molar refractivity (Wildman–Crippen MR) is 61.5 cm³/mol. The molecule has 1 atom stereocenters. The van der Waals surface area contributed by atoms with E-state index >= 15 is 0 Å². The average Bonchev–Trinajstić information content (AvgIpc) is 2.37. The molecule has 0 aromatic heterocycles. The van der Waals surface area contributed by atoms with Gasteiger partial charge in [0.25, 0.3) is 0 Å². The van der Waals surface area contributed by atoms with Crippen molar-refractivity contribution in [3.63, 3.8) is 0 Å². The van der Waals surface area contributed by atoms with Crippen LogP contribution in [0.1, 0.15) is 29.6 Å². The maximum absolute atomic E-state index is 11.6. The van der Waals surface area contributed by atoms with Crippen LogP contribution in [0.3, 0.4) is 0 Å². The molecule has 1 aliphatic rings. The van der Waals surface area contributed by atoms with Gasteiger partial charge in [0.05, 0.1) is 5.56 Å². The lowest BCUT2D eigenvalue weighted by atomic mass is 10.2. The topological polar surface area (TPSA) is 44.8 Å². The molecule has 0 amide bonds. The van der Waals surface area contributed by atoms with Gasteiger partial charge in [-0.05, 0) is 31.0 Å². The highest BCUT2D eigenvalue weighted by Crippen LogP contribution is 2.16. The number of hydrogen-bond donors (Lipinski definition) is 0. The van der Waals surface area contributed by atoms with Gasteiger partial charge in [0.1, 0.15) is 0 Å². The number of halogens is 1. The molecule has 0 saturated carbocycles. The Morgan fingerprint density at radius 3 is 3.00 bits per heavy atom. The first-order chi connectivity index (χ1) is 8.25. The Hall–Kier alpha value is -1.10. The van der Waals surface area contributed by atoms with Crippen LogP contribution in [0.2, 0.25) is 5.02 Å². The number of benzene rings is 1. The molecule has 0 spiro atoms. The maximum Gasteiger partial charge on any atom is 0.373 e. The summed E-state index contributed by atoms with van der Waals surface area (Å²) in [5, 5.41) is 0.480. The highest BCUT2D eigenvalue weighted by atomic mass is 35.5. The summed E-state index contributed by atoms with van der Waals surface area (Å²) in [4.78, 5) is 21.2. The fraction of sp³-hybridized carbons (Fsp3) is 0.417. The fourth-order valence-corrected chi connectivity index (χ4v) is 1.74. The van der Waals surface area contributed by atoms with Gasteiger partial charge < -0.3 is 4.74 Å². The lowest BCUT2D eigenvalue weighted by Gasteiger charge is -2.20. The first-order valence-electron chi connectivity index (χ1n) is 5.50. The lowest BCUT2D eigenvalue weighted by Crippen LogP contribution is -2.23. The Morgan fingerprint density at radius 2 is 2.29 bits per heavy atom. The summed E-state index contributed by atoms with van der Waals surface area (Å²) in [5.41, 5.74) is 0.355. The monoisotopic (exact) mass is 256 g/mol. The van der Waals surface area contributed by atoms with E-state index in [1.54, 1.807) is 18.2 Å². The molecule has 92 valence electrons. The lowest BCUT2D eigenvalue weighted by molar-refractivity contribution is -0.346. The van der Waals surface area contributed by atoms with Crippen LogP contribution < -0.4 is 0 Å². The normalized spacial score (nSPS) is 19.9. The summed E-state index contributed by atoms with van der Waals surface area (Å²) in [6, 6.07) is 6.49. The van der Waals surface area contributed by atoms with Crippen molar-refractivity contribution in [1.82, 2.24) is 0 Å². The van der Waals surface area contributed by atoms with Gasteiger partial charge in [-0.2, -0.15) is 4.89 Å². The van der Waals surface area contributed by atoms with Gasteiger partial charge in [-0.3, -0.25) is 4.89 Å². The summed E-state index contributed by atoms with van der Waals surface area (Å²) >= 11 is 5.76. The zero-order valence-electron chi connectivity index (χ0n) is 9.23. The summed E-state index contributed by atoms with van der Waals surface area (Å²) < 4.78 is 5.26. The van der Waals surface area contributed by atoms with Gasteiger partial charge in [-0.25, -0.2) is 4.79 Å². The van der Waals surface area contributed by atoms with Gasteiger partial charge in [-0.15, -0.1) is 0 Å². The van der Waals surface area contributed by atoms with Crippen molar-refractivity contribution in [3.8, 4) is 0 Å². The fourth-order valence-electron chi connectivity index (χ4n) is 1.55. The maximum atomic E-state index is 11.6. The van der Waals surface area contributed by atoms with Gasteiger partial charge >= 0.3 is 5.97 Å². The number of hydrogen-bond acceptors (Lipinski definition) is 4. The van der Waals surface area contributed by atoms with E-state index in [0.29, 0.717) is 17.2 Å². The van der Waals surface area contributed by atoms with E-state index in [0.717, 1.165) is 19.3 Å². The van der Waals surface area contributed by atoms with E-state index < -0.39 is 12.3 Å². The molecule has 4 nitrogen and oxygen atoms in total. The quantitative estimate of drug-likeness (QED) is 0.616. The van der Waals surface area contributed by atoms with Crippen LogP contribution in [-0.2, 0) is 14.5 Å². The molecular weight excluding hydrogens is 244 g/mol. The molecule has 17 heavy (non-hydrogen) atoms. The Balaban J connectivity index is 1.84. The summed E-state index contributed by atoms with van der Waals surface area (Å²) in [7, 11) is 0. The van der Waals surface area contributed by atoms with Crippen molar-refractivity contribution in [3.05, 3.63) is 34.9 Å². The number of carbonyl (C=O) groups is 1. The highest BCUT2D eigenvalue weighted by Gasteiger charge is 2.18. The molecule has 1 aliphatic heterocycles. The van der Waals surface area contributed by atoms with E-state index in [1.165, 1.54) is 6.07 Å². The van der Waals surface area contributed by atoms with Crippen molar-refractivity contribution in [1.29, 1.82) is 0 Å². The zero-order chi connectivity index (χ0) is 12.1. The van der Waals surface area contributed by atoms with E-state index in [4.69, 9.17) is 26.1 Å². The van der Waals surface area contributed by atoms with Gasteiger partial charge in [0.2, 0.25) is 6.29 Å². The molecule has 0 N–H and O–H groups in total. The van der Waals surface area contributed by atoms with Gasteiger partial charge in [0, 0.05) is 18.1 Å². The molecule has 2 rings (SSSR count). The summed E-state index contributed by atoms with van der Waals surface area (Å²) in [6.07, 6.45) is 2.32. The Bertz CT molecular complexity index is 388. The van der Waals surface area contributed by atoms with E-state index in [2.05, 4.69) is 0 Å². The van der Waals surface area contributed by atoms with Gasteiger partial charge in [-0.1, -0.05) is 17.7 Å². The van der Waals surface area contributed by atoms with Crippen LogP contribution in [0, 0.1) is 0 Å². The molecule has 1 aromatic rings. The molecule has 1 unspecified atom stereocenters. The van der Waals surface area contributed by atoms with Crippen LogP contribution in [0.15, 0.2) is 24.3 Å². The summed E-state index contributed by atoms with van der Waals surface area (Å²) in [6.45, 7) is 0.638. The second-order valence-electron chi connectivity index (χ2n) is 3.77. The van der Waals surface area contributed by atoms with Crippen molar-refractivity contribution in [2.45, 2.75) is 25.6 Å². The first-order valence-corrected chi connectivity index (χ1v) is 5.88. The number of ether oxygens (including phenoxy) is 1. The SMILES string of the molecule is O=C(OOC1CCCCO1)c1cccc(Cl)c1. The van der Waals surface area contributed by atoms with Gasteiger partial charge in [0.15, 0.2) is 0 Å². The zero-order valence-corrected chi connectivity index (χ0v) is 9.98. The second kappa shape index (κ2) is 6.00. The minimum atomic E-state index is -0.568. The third kappa shape index (κ3) is 3.70. The number of carbonyl (C=O) groups excluding carboxylic acids is 1. The highest BCUT2D eigenvalue weighted by molar-refractivity contribution is 6.30. The molecule has 1 aromatic carbocycles. The minimum absolute atomic E-state index is 0.355. The molecule has 1 heterocycles. The van der Waals surface area contributed by atoms with Crippen molar-refractivity contribution in [2.24, 2.45) is 0 Å². The molecule has 0 bridgehead atoms. The van der Waals surface area contributed by atoms with Crippen LogP contribution in [0.5, 0.6) is 0 Å². The molecule has 0 aliphatic carbocycles. The van der Waals surface area contributed by atoms with Crippen LogP contribution >= 0.6 is 11.6 Å². The van der Waals surface area contributed by atoms with E-state index in [-0.39, 0.29) is 0 Å². The summed E-state index contributed by atoms with van der Waals surface area (Å²) in [5.74, 6) is -0.568. The predicted octanol–water partition coefficient (Wildman–Crippen LogP) is 2.96. The van der Waals surface area contributed by atoms with E-state index in [1.807, 2.05) is 0 Å². The van der Waals surface area contributed by atoms with Crippen molar-refractivity contribution < 1.29 is 19.3 Å². The number of rotatable bonds is 3. The standard InChI is InChI=1S/C12H13ClO4/c13-10-5-3-4-9(8-10)12(14)17-16-11-6-1-2-7-15-11/h3-5,8,11H,1-2,6-7H2. The smallest absolute Gasteiger partial charge is 0.349 e. The Labute approximate surface area is 104 Å². The molecule has 5 heteroatoms. The van der Waals surface area contributed by atoms with Crippen molar-refractivity contribution >= 4 is 17.6 Å². The third-order valence-electron chi connectivity index (χ3n) is 2.43. The minimum Gasteiger partial charge on any atom is -0.349 e. The molecule has 1 fully saturated rings. The molecular formula is C12H13ClO4. The Kier molecular flexibility index (Phi) is 4.36. The van der Waals surface area contributed by atoms with Crippen LogP contribution in [0.25, 0.3) is 0 Å². The molecule has 1 saturated heterocycles. The Morgan fingerprint density at radius 1 is 1.41 bits per heavy atom. The van der Waals surface area contributed by atoms with Crippen LogP contribution in [-0.4, -0.2) is 18.9 Å². The van der Waals surface area contributed by atoms with Crippen LogP contribution in [0.4, 0.5) is 0 Å². The second-order valence-corrected chi connectivity index (χ2v) is 4.21. The third-order valence-corrected chi connectivity index (χ3v) is 2.66. The van der Waals surface area contributed by atoms with Crippen molar-refractivity contribution in [2.75, 3.05) is 6.61 Å². The molecule has 0 radical (unpaired) electrons. The van der Waals surface area contributed by atoms with E-state index in [9.17, 15) is 4.79 Å².